The summed E-state index contributed by atoms with van der Waals surface area (Å²) in [6.07, 6.45) is 0. The number of carbonyl (C=O) groups excluding carboxylic acids is 1. The van der Waals surface area contributed by atoms with Crippen molar-refractivity contribution in [1.29, 1.82) is 0 Å². The summed E-state index contributed by atoms with van der Waals surface area (Å²) in [6.45, 7) is 0. The molecule has 0 radical (unpaired) electrons. The molecular weight excluding hydrogens is 285 g/mol. The average Bonchev–Trinajstić information content (AvgIpc) is 2.32. The van der Waals surface area contributed by atoms with Gasteiger partial charge in [-0.1, -0.05) is 28.1 Å². The van der Waals surface area contributed by atoms with Crippen LogP contribution in [0.5, 0.6) is 0 Å². The fraction of sp³-hybridized carbons (Fsp3) is 0. The van der Waals surface area contributed by atoms with Crippen molar-refractivity contribution in [2.45, 2.75) is 0 Å². The molecule has 2 rings (SSSR count). The van der Waals surface area contributed by atoms with Crippen LogP contribution in [0.1, 0.15) is 15.9 Å². The molecular formula is C13H9BrFNO. The summed E-state index contributed by atoms with van der Waals surface area (Å²) in [5, 5.41) is 0. The average molecular weight is 294 g/mol. The summed E-state index contributed by atoms with van der Waals surface area (Å²) in [5.74, 6) is -0.809. The Labute approximate surface area is 106 Å². The molecule has 2 aromatic carbocycles. The van der Waals surface area contributed by atoms with Crippen LogP contribution in [0.15, 0.2) is 46.9 Å². The number of hydrogen-bond donors (Lipinski definition) is 1. The van der Waals surface area contributed by atoms with Crippen molar-refractivity contribution in [2.24, 2.45) is 0 Å². The van der Waals surface area contributed by atoms with E-state index in [1.165, 1.54) is 12.1 Å². The van der Waals surface area contributed by atoms with Gasteiger partial charge in [0.2, 0.25) is 0 Å². The number of ketones is 1. The van der Waals surface area contributed by atoms with Gasteiger partial charge in [0.15, 0.2) is 5.78 Å². The van der Waals surface area contributed by atoms with E-state index in [2.05, 4.69) is 15.9 Å². The molecule has 0 spiro atoms. The Bertz CT molecular complexity index is 583. The highest BCUT2D eigenvalue weighted by atomic mass is 79.9. The Kier molecular flexibility index (Phi) is 3.24. The molecule has 0 atom stereocenters. The zero-order valence-electron chi connectivity index (χ0n) is 8.78. The van der Waals surface area contributed by atoms with Crippen LogP contribution in [-0.4, -0.2) is 5.78 Å². The summed E-state index contributed by atoms with van der Waals surface area (Å²) < 4.78 is 14.1. The third kappa shape index (κ3) is 2.53. The Morgan fingerprint density at radius 1 is 1.12 bits per heavy atom. The molecule has 2 N–H and O–H groups in total. The second kappa shape index (κ2) is 4.67. The molecule has 0 aliphatic carbocycles. The van der Waals surface area contributed by atoms with E-state index in [9.17, 15) is 9.18 Å². The van der Waals surface area contributed by atoms with Gasteiger partial charge in [-0.2, -0.15) is 0 Å². The van der Waals surface area contributed by atoms with E-state index in [1.54, 1.807) is 18.2 Å². The van der Waals surface area contributed by atoms with E-state index < -0.39 is 5.82 Å². The maximum atomic E-state index is 13.2. The van der Waals surface area contributed by atoms with Crippen molar-refractivity contribution in [2.75, 3.05) is 5.73 Å². The van der Waals surface area contributed by atoms with Crippen LogP contribution in [0.4, 0.5) is 10.1 Å². The van der Waals surface area contributed by atoms with Gasteiger partial charge < -0.3 is 5.73 Å². The van der Waals surface area contributed by atoms with Crippen molar-refractivity contribution < 1.29 is 9.18 Å². The first-order chi connectivity index (χ1) is 8.08. The highest BCUT2D eigenvalue weighted by molar-refractivity contribution is 9.10. The number of halogens is 2. The lowest BCUT2D eigenvalue weighted by Crippen LogP contribution is -2.02. The molecule has 2 nitrogen and oxygen atoms in total. The van der Waals surface area contributed by atoms with Crippen LogP contribution in [0.2, 0.25) is 0 Å². The van der Waals surface area contributed by atoms with Crippen LogP contribution >= 0.6 is 15.9 Å². The van der Waals surface area contributed by atoms with E-state index >= 15 is 0 Å². The number of benzene rings is 2. The topological polar surface area (TPSA) is 43.1 Å². The second-order valence-electron chi connectivity index (χ2n) is 3.58. The van der Waals surface area contributed by atoms with E-state index in [0.29, 0.717) is 5.56 Å². The maximum Gasteiger partial charge on any atom is 0.193 e. The van der Waals surface area contributed by atoms with E-state index in [1.807, 2.05) is 6.07 Å². The third-order valence-corrected chi connectivity index (χ3v) is 2.84. The molecule has 0 heterocycles. The van der Waals surface area contributed by atoms with Gasteiger partial charge in [0.25, 0.3) is 0 Å². The Morgan fingerprint density at radius 2 is 1.82 bits per heavy atom. The fourth-order valence-electron chi connectivity index (χ4n) is 1.46. The maximum absolute atomic E-state index is 13.2. The zero-order valence-corrected chi connectivity index (χ0v) is 10.4. The summed E-state index contributed by atoms with van der Waals surface area (Å²) in [5.41, 5.74) is 6.19. The van der Waals surface area contributed by atoms with Crippen LogP contribution in [0.25, 0.3) is 0 Å². The van der Waals surface area contributed by atoms with Crippen molar-refractivity contribution in [1.82, 2.24) is 0 Å². The standard InChI is InChI=1S/C13H9BrFNO/c14-10-3-1-2-8(6-10)13(17)9-4-5-12(16)11(15)7-9/h1-7H,16H2. The summed E-state index contributed by atoms with van der Waals surface area (Å²) in [4.78, 5) is 12.0. The predicted octanol–water partition coefficient (Wildman–Crippen LogP) is 3.40. The van der Waals surface area contributed by atoms with Gasteiger partial charge in [-0.25, -0.2) is 4.39 Å². The summed E-state index contributed by atoms with van der Waals surface area (Å²) >= 11 is 3.28. The lowest BCUT2D eigenvalue weighted by Gasteiger charge is -2.03. The molecule has 0 amide bonds. The Balaban J connectivity index is 2.40. The zero-order chi connectivity index (χ0) is 12.4. The van der Waals surface area contributed by atoms with Crippen molar-refractivity contribution in [3.8, 4) is 0 Å². The lowest BCUT2D eigenvalue weighted by molar-refractivity contribution is 0.103. The molecule has 2 aromatic rings. The molecule has 0 aromatic heterocycles. The van der Waals surface area contributed by atoms with E-state index in [0.717, 1.165) is 10.5 Å². The van der Waals surface area contributed by atoms with Gasteiger partial charge in [-0.15, -0.1) is 0 Å². The summed E-state index contributed by atoms with van der Waals surface area (Å²) in [6, 6.07) is 11.0. The molecule has 0 saturated heterocycles. The normalized spacial score (nSPS) is 10.2. The first-order valence-corrected chi connectivity index (χ1v) is 5.72. The minimum atomic E-state index is -0.578. The number of rotatable bonds is 2. The van der Waals surface area contributed by atoms with Crippen LogP contribution < -0.4 is 5.73 Å². The minimum Gasteiger partial charge on any atom is -0.396 e. The van der Waals surface area contributed by atoms with Gasteiger partial charge in [0, 0.05) is 15.6 Å². The quantitative estimate of drug-likeness (QED) is 0.681. The molecule has 0 fully saturated rings. The van der Waals surface area contributed by atoms with Gasteiger partial charge >= 0.3 is 0 Å². The monoisotopic (exact) mass is 293 g/mol. The van der Waals surface area contributed by atoms with Crippen molar-refractivity contribution in [3.63, 3.8) is 0 Å². The smallest absolute Gasteiger partial charge is 0.193 e. The molecule has 0 saturated carbocycles. The van der Waals surface area contributed by atoms with Crippen molar-refractivity contribution >= 4 is 27.4 Å². The number of hydrogen-bond acceptors (Lipinski definition) is 2. The lowest BCUT2D eigenvalue weighted by atomic mass is 10.0. The van der Waals surface area contributed by atoms with Gasteiger partial charge in [0.1, 0.15) is 5.82 Å². The van der Waals surface area contributed by atoms with Gasteiger partial charge in [0.05, 0.1) is 5.69 Å². The van der Waals surface area contributed by atoms with Crippen molar-refractivity contribution in [3.05, 3.63) is 63.9 Å². The molecule has 4 heteroatoms. The molecule has 0 aliphatic rings. The Hall–Kier alpha value is -1.68. The molecule has 0 aliphatic heterocycles. The van der Waals surface area contributed by atoms with E-state index in [-0.39, 0.29) is 17.0 Å². The van der Waals surface area contributed by atoms with Crippen LogP contribution in [0, 0.1) is 5.82 Å². The molecule has 86 valence electrons. The highest BCUT2D eigenvalue weighted by Gasteiger charge is 2.11. The Morgan fingerprint density at radius 3 is 2.47 bits per heavy atom. The molecule has 17 heavy (non-hydrogen) atoms. The van der Waals surface area contributed by atoms with Crippen LogP contribution in [0.3, 0.4) is 0 Å². The van der Waals surface area contributed by atoms with Gasteiger partial charge in [-0.3, -0.25) is 4.79 Å². The number of nitrogen functional groups attached to an aromatic ring is 1. The minimum absolute atomic E-state index is 0.0378. The first-order valence-electron chi connectivity index (χ1n) is 4.93. The first kappa shape index (κ1) is 11.8. The summed E-state index contributed by atoms with van der Waals surface area (Å²) in [7, 11) is 0. The van der Waals surface area contributed by atoms with E-state index in [4.69, 9.17) is 5.73 Å². The molecule has 0 unspecified atom stereocenters. The largest absolute Gasteiger partial charge is 0.396 e. The molecule has 0 bridgehead atoms. The second-order valence-corrected chi connectivity index (χ2v) is 4.49. The number of nitrogens with two attached hydrogens (primary N) is 1. The van der Waals surface area contributed by atoms with Crippen LogP contribution in [-0.2, 0) is 0 Å². The fourth-order valence-corrected chi connectivity index (χ4v) is 1.86. The SMILES string of the molecule is Nc1ccc(C(=O)c2cccc(Br)c2)cc1F. The number of carbonyl (C=O) groups is 1. The predicted molar refractivity (Wildman–Crippen MR) is 68.4 cm³/mol. The van der Waals surface area contributed by atoms with Gasteiger partial charge in [-0.05, 0) is 30.3 Å². The highest BCUT2D eigenvalue weighted by Crippen LogP contribution is 2.18. The number of anilines is 1. The third-order valence-electron chi connectivity index (χ3n) is 2.35.